The molecule has 0 unspecified atom stereocenters. The zero-order chi connectivity index (χ0) is 14.5. The van der Waals surface area contributed by atoms with E-state index >= 15 is 0 Å². The topological polar surface area (TPSA) is 115 Å². The molecule has 0 saturated carbocycles. The van der Waals surface area contributed by atoms with Gasteiger partial charge in [0, 0.05) is 12.7 Å². The minimum absolute atomic E-state index is 0.161. The maximum atomic E-state index is 11.6. The van der Waals surface area contributed by atoms with Crippen LogP contribution in [0.2, 0.25) is 0 Å². The molecule has 1 aromatic carbocycles. The number of aromatic amines is 2. The van der Waals surface area contributed by atoms with E-state index in [-0.39, 0.29) is 11.3 Å². The number of H-pyrrole nitrogens is 2. The van der Waals surface area contributed by atoms with Gasteiger partial charge in [0.15, 0.2) is 0 Å². The SMILES string of the molecule is O=C(O)c1cccc(CCNC(=O)c2c[nH]c(=O)[nH]2)c1. The smallest absolute Gasteiger partial charge is 0.335 e. The quantitative estimate of drug-likeness (QED) is 0.631. The van der Waals surface area contributed by atoms with Gasteiger partial charge in [-0.1, -0.05) is 12.1 Å². The molecular formula is C13H13N3O4. The van der Waals surface area contributed by atoms with Crippen LogP contribution in [0.4, 0.5) is 0 Å². The number of rotatable bonds is 5. The van der Waals surface area contributed by atoms with Gasteiger partial charge >= 0.3 is 11.7 Å². The van der Waals surface area contributed by atoms with Gasteiger partial charge in [-0.05, 0) is 24.1 Å². The fourth-order valence-electron chi connectivity index (χ4n) is 1.73. The molecule has 2 aromatic rings. The monoisotopic (exact) mass is 275 g/mol. The maximum Gasteiger partial charge on any atom is 0.335 e. The van der Waals surface area contributed by atoms with Gasteiger partial charge in [-0.3, -0.25) is 4.79 Å². The molecule has 104 valence electrons. The minimum atomic E-state index is -0.985. The molecule has 0 spiro atoms. The zero-order valence-electron chi connectivity index (χ0n) is 10.5. The van der Waals surface area contributed by atoms with Gasteiger partial charge in [0.05, 0.1) is 5.56 Å². The van der Waals surface area contributed by atoms with Crippen molar-refractivity contribution in [2.45, 2.75) is 6.42 Å². The minimum Gasteiger partial charge on any atom is -0.478 e. The van der Waals surface area contributed by atoms with E-state index in [2.05, 4.69) is 15.3 Å². The lowest BCUT2D eigenvalue weighted by Gasteiger charge is -2.04. The lowest BCUT2D eigenvalue weighted by atomic mass is 10.1. The van der Waals surface area contributed by atoms with Crippen LogP contribution in [0.1, 0.15) is 26.4 Å². The number of carbonyl (C=O) groups excluding carboxylic acids is 1. The summed E-state index contributed by atoms with van der Waals surface area (Å²) in [5.74, 6) is -1.38. The second-order valence-electron chi connectivity index (χ2n) is 4.17. The summed E-state index contributed by atoms with van der Waals surface area (Å²) < 4.78 is 0. The molecule has 1 aromatic heterocycles. The fraction of sp³-hybridized carbons (Fsp3) is 0.154. The van der Waals surface area contributed by atoms with Crippen molar-refractivity contribution in [2.75, 3.05) is 6.54 Å². The molecule has 2 rings (SSSR count). The van der Waals surface area contributed by atoms with Gasteiger partial charge in [-0.15, -0.1) is 0 Å². The second-order valence-corrected chi connectivity index (χ2v) is 4.17. The van der Waals surface area contributed by atoms with Crippen molar-refractivity contribution in [1.29, 1.82) is 0 Å². The van der Waals surface area contributed by atoms with Crippen LogP contribution < -0.4 is 11.0 Å². The number of hydrogen-bond acceptors (Lipinski definition) is 3. The third-order valence-electron chi connectivity index (χ3n) is 2.71. The van der Waals surface area contributed by atoms with E-state index in [9.17, 15) is 14.4 Å². The average molecular weight is 275 g/mol. The predicted octanol–water partition coefficient (Wildman–Crippen LogP) is 0.374. The lowest BCUT2D eigenvalue weighted by molar-refractivity contribution is 0.0696. The van der Waals surface area contributed by atoms with Crippen LogP contribution >= 0.6 is 0 Å². The highest BCUT2D eigenvalue weighted by atomic mass is 16.4. The fourth-order valence-corrected chi connectivity index (χ4v) is 1.73. The molecule has 0 radical (unpaired) electrons. The Morgan fingerprint density at radius 2 is 2.10 bits per heavy atom. The summed E-state index contributed by atoms with van der Waals surface area (Å²) in [6, 6.07) is 6.52. The normalized spacial score (nSPS) is 10.2. The Kier molecular flexibility index (Phi) is 3.99. The Balaban J connectivity index is 1.90. The highest BCUT2D eigenvalue weighted by Gasteiger charge is 2.07. The van der Waals surface area contributed by atoms with Crippen LogP contribution in [0.25, 0.3) is 0 Å². The summed E-state index contributed by atoms with van der Waals surface area (Å²) in [5, 5.41) is 11.5. The Morgan fingerprint density at radius 1 is 1.30 bits per heavy atom. The molecule has 0 fully saturated rings. The van der Waals surface area contributed by atoms with E-state index in [0.29, 0.717) is 13.0 Å². The first-order valence-electron chi connectivity index (χ1n) is 5.94. The van der Waals surface area contributed by atoms with Gasteiger partial charge in [0.2, 0.25) is 0 Å². The van der Waals surface area contributed by atoms with Crippen LogP contribution in [0.5, 0.6) is 0 Å². The maximum absolute atomic E-state index is 11.6. The van der Waals surface area contributed by atoms with Gasteiger partial charge in [0.25, 0.3) is 5.91 Å². The number of carbonyl (C=O) groups is 2. The predicted molar refractivity (Wildman–Crippen MR) is 70.9 cm³/mol. The molecule has 1 amide bonds. The van der Waals surface area contributed by atoms with Crippen LogP contribution in [0, 0.1) is 0 Å². The summed E-state index contributed by atoms with van der Waals surface area (Å²) in [6.07, 6.45) is 1.80. The van der Waals surface area contributed by atoms with E-state index in [1.54, 1.807) is 18.2 Å². The first-order chi connectivity index (χ1) is 9.56. The summed E-state index contributed by atoms with van der Waals surface area (Å²) in [5.41, 5.74) is 0.746. The second kappa shape index (κ2) is 5.87. The third kappa shape index (κ3) is 3.35. The van der Waals surface area contributed by atoms with Crippen molar-refractivity contribution < 1.29 is 14.7 Å². The van der Waals surface area contributed by atoms with E-state index in [4.69, 9.17) is 5.11 Å². The summed E-state index contributed by atoms with van der Waals surface area (Å²) in [4.78, 5) is 38.0. The molecule has 7 nitrogen and oxygen atoms in total. The molecular weight excluding hydrogens is 262 g/mol. The standard InChI is InChI=1S/C13H13N3O4/c17-11(10-7-15-13(20)16-10)14-5-4-8-2-1-3-9(6-8)12(18)19/h1-3,6-7H,4-5H2,(H,14,17)(H,18,19)(H2,15,16,20). The van der Waals surface area contributed by atoms with Crippen molar-refractivity contribution in [2.24, 2.45) is 0 Å². The number of aromatic nitrogens is 2. The highest BCUT2D eigenvalue weighted by Crippen LogP contribution is 2.05. The number of benzene rings is 1. The number of aromatic carboxylic acids is 1. The van der Waals surface area contributed by atoms with Gasteiger partial charge < -0.3 is 20.4 Å². The first-order valence-corrected chi connectivity index (χ1v) is 5.94. The number of amides is 1. The number of hydrogen-bond donors (Lipinski definition) is 4. The summed E-state index contributed by atoms with van der Waals surface area (Å²) in [7, 11) is 0. The average Bonchev–Trinajstić information content (AvgIpc) is 2.86. The van der Waals surface area contributed by atoms with Crippen molar-refractivity contribution in [3.8, 4) is 0 Å². The zero-order valence-corrected chi connectivity index (χ0v) is 10.5. The van der Waals surface area contributed by atoms with Crippen molar-refractivity contribution in [3.05, 3.63) is 57.8 Å². The lowest BCUT2D eigenvalue weighted by Crippen LogP contribution is -2.26. The van der Waals surface area contributed by atoms with Crippen LogP contribution in [-0.4, -0.2) is 33.5 Å². The van der Waals surface area contributed by atoms with Gasteiger partial charge in [-0.25, -0.2) is 9.59 Å². The molecule has 1 heterocycles. The molecule has 7 heteroatoms. The van der Waals surface area contributed by atoms with E-state index < -0.39 is 17.6 Å². The molecule has 0 atom stereocenters. The van der Waals surface area contributed by atoms with Gasteiger partial charge in [-0.2, -0.15) is 0 Å². The Bertz CT molecular complexity index is 687. The van der Waals surface area contributed by atoms with E-state index in [1.165, 1.54) is 12.3 Å². The largest absolute Gasteiger partial charge is 0.478 e. The molecule has 0 aliphatic carbocycles. The molecule has 20 heavy (non-hydrogen) atoms. The number of carboxylic acid groups (broad SMARTS) is 1. The van der Waals surface area contributed by atoms with Crippen molar-refractivity contribution in [3.63, 3.8) is 0 Å². The number of carboxylic acids is 1. The van der Waals surface area contributed by atoms with Crippen LogP contribution in [-0.2, 0) is 6.42 Å². The van der Waals surface area contributed by atoms with Crippen LogP contribution in [0.3, 0.4) is 0 Å². The molecule has 0 bridgehead atoms. The molecule has 0 aliphatic rings. The molecule has 0 aliphatic heterocycles. The molecule has 0 saturated heterocycles. The highest BCUT2D eigenvalue weighted by molar-refractivity contribution is 5.92. The number of nitrogens with one attached hydrogen (secondary N) is 3. The Morgan fingerprint density at radius 3 is 2.75 bits per heavy atom. The molecule has 4 N–H and O–H groups in total. The van der Waals surface area contributed by atoms with Crippen LogP contribution in [0.15, 0.2) is 35.3 Å². The van der Waals surface area contributed by atoms with E-state index in [0.717, 1.165) is 5.56 Å². The first kappa shape index (κ1) is 13.6. The van der Waals surface area contributed by atoms with Gasteiger partial charge in [0.1, 0.15) is 5.69 Å². The number of imidazole rings is 1. The van der Waals surface area contributed by atoms with Crippen molar-refractivity contribution in [1.82, 2.24) is 15.3 Å². The van der Waals surface area contributed by atoms with Crippen molar-refractivity contribution >= 4 is 11.9 Å². The Hall–Kier alpha value is -2.83. The Labute approximate surface area is 113 Å². The summed E-state index contributed by atoms with van der Waals surface area (Å²) in [6.45, 7) is 0.342. The summed E-state index contributed by atoms with van der Waals surface area (Å²) >= 11 is 0. The van der Waals surface area contributed by atoms with E-state index in [1.807, 2.05) is 0 Å². The third-order valence-corrected chi connectivity index (χ3v) is 2.71.